The van der Waals surface area contributed by atoms with Crippen molar-refractivity contribution < 1.29 is 18.0 Å². The third-order valence-electron chi connectivity index (χ3n) is 3.40. The molecular weight excluding hydrogens is 245 g/mol. The Bertz CT molecular complexity index is 293. The van der Waals surface area contributed by atoms with Gasteiger partial charge >= 0.3 is 6.18 Å². The van der Waals surface area contributed by atoms with Crippen molar-refractivity contribution in [2.24, 2.45) is 17.1 Å². The number of halogens is 3. The molecule has 0 unspecified atom stereocenters. The number of hydrogen-bond acceptors (Lipinski definition) is 2. The number of rotatable bonds is 5. The predicted molar refractivity (Wildman–Crippen MR) is 62.8 cm³/mol. The van der Waals surface area contributed by atoms with E-state index in [-0.39, 0.29) is 19.0 Å². The molecule has 0 aromatic rings. The molecule has 0 aliphatic heterocycles. The minimum absolute atomic E-state index is 0.00574. The normalized spacial score (nSPS) is 18.6. The summed E-state index contributed by atoms with van der Waals surface area (Å²) < 4.78 is 37.5. The lowest BCUT2D eigenvalue weighted by Crippen LogP contribution is -2.54. The lowest BCUT2D eigenvalue weighted by atomic mass is 9.67. The summed E-state index contributed by atoms with van der Waals surface area (Å²) in [6, 6.07) is 0. The van der Waals surface area contributed by atoms with Gasteiger partial charge < -0.3 is 10.6 Å². The number of nitrogens with two attached hydrogens (primary N) is 1. The van der Waals surface area contributed by atoms with Gasteiger partial charge in [-0.2, -0.15) is 13.2 Å². The van der Waals surface area contributed by atoms with Crippen LogP contribution in [0.15, 0.2) is 0 Å². The highest BCUT2D eigenvalue weighted by Crippen LogP contribution is 2.42. The van der Waals surface area contributed by atoms with Gasteiger partial charge in [-0.1, -0.05) is 20.3 Å². The largest absolute Gasteiger partial charge is 0.406 e. The quantitative estimate of drug-likeness (QED) is 0.829. The second kappa shape index (κ2) is 5.47. The van der Waals surface area contributed by atoms with Crippen LogP contribution in [0.2, 0.25) is 0 Å². The van der Waals surface area contributed by atoms with Crippen LogP contribution in [0.25, 0.3) is 0 Å². The zero-order valence-electron chi connectivity index (χ0n) is 10.9. The van der Waals surface area contributed by atoms with E-state index in [1.54, 1.807) is 13.8 Å². The maximum atomic E-state index is 12.5. The Hall–Kier alpha value is -0.780. The average Bonchev–Trinajstić information content (AvgIpc) is 2.12. The summed E-state index contributed by atoms with van der Waals surface area (Å²) in [7, 11) is 0. The molecule has 0 saturated heterocycles. The van der Waals surface area contributed by atoms with E-state index in [9.17, 15) is 18.0 Å². The summed E-state index contributed by atoms with van der Waals surface area (Å²) in [5.74, 6) is -0.423. The lowest BCUT2D eigenvalue weighted by Gasteiger charge is -2.43. The van der Waals surface area contributed by atoms with E-state index in [0.717, 1.165) is 11.3 Å². The number of carbonyl (C=O) groups is 1. The van der Waals surface area contributed by atoms with Gasteiger partial charge in [-0.3, -0.25) is 4.79 Å². The highest BCUT2D eigenvalue weighted by atomic mass is 19.4. The zero-order chi connectivity index (χ0) is 14.0. The van der Waals surface area contributed by atoms with Crippen molar-refractivity contribution in [3.63, 3.8) is 0 Å². The summed E-state index contributed by atoms with van der Waals surface area (Å²) in [6.07, 6.45) is -2.28. The first-order valence-corrected chi connectivity index (χ1v) is 6.26. The summed E-state index contributed by atoms with van der Waals surface area (Å²) >= 11 is 0. The molecule has 1 saturated carbocycles. The molecule has 2 N–H and O–H groups in total. The molecule has 3 nitrogen and oxygen atoms in total. The Morgan fingerprint density at radius 1 is 1.39 bits per heavy atom. The Morgan fingerprint density at radius 2 is 1.94 bits per heavy atom. The van der Waals surface area contributed by atoms with Gasteiger partial charge in [0.05, 0.1) is 5.41 Å². The molecule has 18 heavy (non-hydrogen) atoms. The summed E-state index contributed by atoms with van der Waals surface area (Å²) in [5, 5.41) is 0. The zero-order valence-corrected chi connectivity index (χ0v) is 10.9. The van der Waals surface area contributed by atoms with Crippen LogP contribution in [0.4, 0.5) is 13.2 Å². The molecule has 0 radical (unpaired) electrons. The highest BCUT2D eigenvalue weighted by molar-refractivity contribution is 5.84. The lowest BCUT2D eigenvalue weighted by molar-refractivity contribution is -0.171. The summed E-state index contributed by atoms with van der Waals surface area (Å²) in [6.45, 7) is 2.68. The van der Waals surface area contributed by atoms with Gasteiger partial charge in [-0.15, -0.1) is 0 Å². The molecule has 0 aromatic carbocycles. The van der Waals surface area contributed by atoms with Gasteiger partial charge in [-0.05, 0) is 18.8 Å². The first kappa shape index (κ1) is 15.3. The van der Waals surface area contributed by atoms with E-state index in [1.165, 1.54) is 0 Å². The smallest absolute Gasteiger partial charge is 0.333 e. The van der Waals surface area contributed by atoms with Crippen molar-refractivity contribution in [1.82, 2.24) is 4.90 Å². The maximum Gasteiger partial charge on any atom is 0.406 e. The van der Waals surface area contributed by atoms with Crippen LogP contribution >= 0.6 is 0 Å². The van der Waals surface area contributed by atoms with E-state index in [2.05, 4.69) is 0 Å². The number of carbonyl (C=O) groups excluding carboxylic acids is 1. The molecule has 6 heteroatoms. The summed E-state index contributed by atoms with van der Waals surface area (Å²) in [5.41, 5.74) is 4.84. The van der Waals surface area contributed by atoms with Gasteiger partial charge in [0, 0.05) is 13.1 Å². The molecule has 0 atom stereocenters. The maximum absolute atomic E-state index is 12.5. The molecule has 106 valence electrons. The summed E-state index contributed by atoms with van der Waals surface area (Å²) in [4.78, 5) is 13.2. The molecule has 0 spiro atoms. The first-order chi connectivity index (χ1) is 8.20. The Kier molecular flexibility index (Phi) is 4.64. The van der Waals surface area contributed by atoms with Crippen molar-refractivity contribution in [2.75, 3.05) is 19.6 Å². The van der Waals surface area contributed by atoms with E-state index in [1.807, 2.05) is 0 Å². The monoisotopic (exact) mass is 266 g/mol. The van der Waals surface area contributed by atoms with E-state index >= 15 is 0 Å². The molecule has 1 amide bonds. The molecule has 0 heterocycles. The van der Waals surface area contributed by atoms with Crippen LogP contribution in [0.1, 0.15) is 33.1 Å². The molecule has 1 rings (SSSR count). The second-order valence-corrected chi connectivity index (χ2v) is 5.53. The van der Waals surface area contributed by atoms with Crippen molar-refractivity contribution in [3.05, 3.63) is 0 Å². The Labute approximate surface area is 106 Å². The minimum Gasteiger partial charge on any atom is -0.333 e. The van der Waals surface area contributed by atoms with Gasteiger partial charge in [-0.25, -0.2) is 0 Å². The standard InChI is InChI=1S/C12H21F3N2O/c1-9(2)6-17(8-12(13,14)15)10(18)11(7-16)4-3-5-11/h9H,3-8,16H2,1-2H3. The average molecular weight is 266 g/mol. The van der Waals surface area contributed by atoms with Crippen molar-refractivity contribution in [3.8, 4) is 0 Å². The number of hydrogen-bond donors (Lipinski definition) is 1. The second-order valence-electron chi connectivity index (χ2n) is 5.53. The fourth-order valence-electron chi connectivity index (χ4n) is 2.32. The Morgan fingerprint density at radius 3 is 2.22 bits per heavy atom. The molecular formula is C12H21F3N2O. The van der Waals surface area contributed by atoms with E-state index < -0.39 is 24.0 Å². The van der Waals surface area contributed by atoms with E-state index in [4.69, 9.17) is 5.73 Å². The van der Waals surface area contributed by atoms with Gasteiger partial charge in [0.1, 0.15) is 6.54 Å². The van der Waals surface area contributed by atoms with Gasteiger partial charge in [0.25, 0.3) is 0 Å². The number of nitrogens with zero attached hydrogens (tertiary/aromatic N) is 1. The number of alkyl halides is 3. The van der Waals surface area contributed by atoms with Gasteiger partial charge in [0.2, 0.25) is 5.91 Å². The van der Waals surface area contributed by atoms with Crippen molar-refractivity contribution in [1.29, 1.82) is 0 Å². The van der Waals surface area contributed by atoms with Crippen LogP contribution < -0.4 is 5.73 Å². The van der Waals surface area contributed by atoms with Crippen molar-refractivity contribution >= 4 is 5.91 Å². The molecule has 1 aliphatic carbocycles. The fourth-order valence-corrected chi connectivity index (χ4v) is 2.32. The molecule has 1 fully saturated rings. The number of amides is 1. The fraction of sp³-hybridized carbons (Fsp3) is 0.917. The SMILES string of the molecule is CC(C)CN(CC(F)(F)F)C(=O)C1(CN)CCC1. The van der Waals surface area contributed by atoms with Crippen LogP contribution in [0.3, 0.4) is 0 Å². The third kappa shape index (κ3) is 3.60. The topological polar surface area (TPSA) is 46.3 Å². The first-order valence-electron chi connectivity index (χ1n) is 6.26. The predicted octanol–water partition coefficient (Wildman–Crippen LogP) is 2.16. The van der Waals surface area contributed by atoms with Crippen LogP contribution in [0, 0.1) is 11.3 Å². The van der Waals surface area contributed by atoms with Crippen molar-refractivity contribution in [2.45, 2.75) is 39.3 Å². The molecule has 0 aromatic heterocycles. The molecule has 1 aliphatic rings. The van der Waals surface area contributed by atoms with Crippen LogP contribution in [-0.2, 0) is 4.79 Å². The van der Waals surface area contributed by atoms with Gasteiger partial charge in [0.15, 0.2) is 0 Å². The van der Waals surface area contributed by atoms with Crippen LogP contribution in [-0.4, -0.2) is 36.6 Å². The highest BCUT2D eigenvalue weighted by Gasteiger charge is 2.47. The third-order valence-corrected chi connectivity index (χ3v) is 3.40. The minimum atomic E-state index is -4.36. The molecule has 0 bridgehead atoms. The van der Waals surface area contributed by atoms with Crippen LogP contribution in [0.5, 0.6) is 0 Å². The Balaban J connectivity index is 2.78. The van der Waals surface area contributed by atoms with E-state index in [0.29, 0.717) is 12.8 Å².